The Kier molecular flexibility index (Phi) is 5.63. The van der Waals surface area contributed by atoms with Gasteiger partial charge in [-0.15, -0.1) is 0 Å². The van der Waals surface area contributed by atoms with E-state index in [9.17, 15) is 18.3 Å². The van der Waals surface area contributed by atoms with Crippen molar-refractivity contribution in [2.24, 2.45) is 0 Å². The summed E-state index contributed by atoms with van der Waals surface area (Å²) in [5, 5.41) is 15.0. The first-order valence-corrected chi connectivity index (χ1v) is 7.90. The second-order valence-electron chi connectivity index (χ2n) is 6.16. The van der Waals surface area contributed by atoms with Crippen molar-refractivity contribution in [1.82, 2.24) is 15.0 Å². The average molecular weight is 345 g/mol. The van der Waals surface area contributed by atoms with Gasteiger partial charge in [0.05, 0.1) is 6.10 Å². The van der Waals surface area contributed by atoms with Crippen LogP contribution in [0, 0.1) is 0 Å². The normalized spacial score (nSPS) is 19.8. The van der Waals surface area contributed by atoms with E-state index in [2.05, 4.69) is 25.6 Å². The molecular weight excluding hydrogens is 323 g/mol. The van der Waals surface area contributed by atoms with Crippen molar-refractivity contribution in [3.63, 3.8) is 0 Å². The topological polar surface area (TPSA) is 83.0 Å². The molecule has 3 N–H and O–H groups in total. The van der Waals surface area contributed by atoms with E-state index in [1.807, 2.05) is 13.8 Å². The van der Waals surface area contributed by atoms with Crippen LogP contribution in [0.3, 0.4) is 0 Å². The lowest BCUT2D eigenvalue weighted by Crippen LogP contribution is -2.34. The lowest BCUT2D eigenvalue weighted by atomic mass is 9.97. The fraction of sp³-hybridized carbons (Fsp3) is 0.667. The minimum atomic E-state index is -4.40. The molecule has 0 radical (unpaired) electrons. The van der Waals surface area contributed by atoms with Crippen molar-refractivity contribution >= 4 is 17.5 Å². The Morgan fingerprint density at radius 3 is 2.29 bits per heavy atom. The van der Waals surface area contributed by atoms with Crippen LogP contribution in [-0.4, -0.2) is 44.4 Å². The van der Waals surface area contributed by atoms with Crippen molar-refractivity contribution in [3.8, 4) is 0 Å². The number of hydrogen-bond acceptors (Lipinski definition) is 6. The van der Waals surface area contributed by atoms with Crippen LogP contribution in [0.4, 0.5) is 25.1 Å². The highest BCUT2D eigenvalue weighted by Crippen LogP contribution is 2.27. The number of aromatic nitrogens is 3. The number of rotatable bonds is 5. The maximum absolute atomic E-state index is 12.8. The molecule has 0 saturated carbocycles. The number of aliphatic hydroxyl groups is 1. The third-order valence-electron chi connectivity index (χ3n) is 3.52. The van der Waals surface area contributed by atoms with E-state index in [0.29, 0.717) is 18.4 Å². The molecule has 0 aliphatic heterocycles. The summed E-state index contributed by atoms with van der Waals surface area (Å²) in [4.78, 5) is 12.4. The molecule has 0 fully saturated rings. The molecule has 1 aliphatic rings. The highest BCUT2D eigenvalue weighted by Gasteiger charge is 2.36. The summed E-state index contributed by atoms with van der Waals surface area (Å²) in [7, 11) is 0. The van der Waals surface area contributed by atoms with Crippen LogP contribution in [0.2, 0.25) is 0 Å². The van der Waals surface area contributed by atoms with E-state index in [1.54, 1.807) is 6.08 Å². The average Bonchev–Trinajstić information content (AvgIpc) is 2.45. The number of alkyl halides is 3. The summed E-state index contributed by atoms with van der Waals surface area (Å²) in [6, 6.07) is -1.77. The monoisotopic (exact) mass is 345 g/mol. The zero-order chi connectivity index (χ0) is 17.9. The molecule has 24 heavy (non-hydrogen) atoms. The summed E-state index contributed by atoms with van der Waals surface area (Å²) in [6.45, 7) is 4.75. The fourth-order valence-electron chi connectivity index (χ4n) is 2.27. The molecule has 1 heterocycles. The summed E-state index contributed by atoms with van der Waals surface area (Å²) >= 11 is 0. The van der Waals surface area contributed by atoms with Gasteiger partial charge in [-0.3, -0.25) is 0 Å². The summed E-state index contributed by atoms with van der Waals surface area (Å²) < 4.78 is 38.3. The summed E-state index contributed by atoms with van der Waals surface area (Å²) in [6.07, 6.45) is -1.25. The second-order valence-corrected chi connectivity index (χ2v) is 6.16. The molecule has 0 saturated heterocycles. The van der Waals surface area contributed by atoms with E-state index in [1.165, 1.54) is 0 Å². The van der Waals surface area contributed by atoms with E-state index >= 15 is 0 Å². The predicted molar refractivity (Wildman–Crippen MR) is 85.6 cm³/mol. The van der Waals surface area contributed by atoms with Crippen LogP contribution in [0.5, 0.6) is 0 Å². The number of nitrogens with one attached hydrogen (secondary N) is 2. The molecule has 1 unspecified atom stereocenters. The third-order valence-corrected chi connectivity index (χ3v) is 3.52. The van der Waals surface area contributed by atoms with Crippen LogP contribution < -0.4 is 10.6 Å². The number of anilines is 2. The third kappa shape index (κ3) is 5.05. The quantitative estimate of drug-likeness (QED) is 0.761. The predicted octanol–water partition coefficient (Wildman–Crippen LogP) is 2.98. The standard InChI is InChI=1S/C15H22F3N5O/c1-8(2)19-13-21-12(10-5-4-6-11(24)7-10)22-14(23-13)20-9(3)15(16,17)18/h7-9,11,24H,4-6H2,1-3H3,(H2,19,20,21,22,23)/t9?,11-/m0/s1. The second kappa shape index (κ2) is 7.33. The Hall–Kier alpha value is -1.90. The highest BCUT2D eigenvalue weighted by atomic mass is 19.4. The molecule has 1 aliphatic carbocycles. The maximum Gasteiger partial charge on any atom is 0.408 e. The molecule has 0 spiro atoms. The molecule has 0 aromatic carbocycles. The van der Waals surface area contributed by atoms with Crippen molar-refractivity contribution in [3.05, 3.63) is 11.9 Å². The first kappa shape index (κ1) is 18.4. The molecule has 1 aromatic rings. The Labute approximate surface area is 138 Å². The lowest BCUT2D eigenvalue weighted by Gasteiger charge is -2.20. The van der Waals surface area contributed by atoms with Gasteiger partial charge in [0.25, 0.3) is 0 Å². The van der Waals surface area contributed by atoms with Crippen LogP contribution >= 0.6 is 0 Å². The van der Waals surface area contributed by atoms with Crippen LogP contribution in [0.15, 0.2) is 6.08 Å². The van der Waals surface area contributed by atoms with Crippen LogP contribution in [0.1, 0.15) is 45.9 Å². The molecular formula is C15H22F3N5O. The van der Waals surface area contributed by atoms with Gasteiger partial charge in [0.1, 0.15) is 6.04 Å². The smallest absolute Gasteiger partial charge is 0.389 e. The Morgan fingerprint density at radius 1 is 1.12 bits per heavy atom. The lowest BCUT2D eigenvalue weighted by molar-refractivity contribution is -0.138. The molecule has 134 valence electrons. The Balaban J connectivity index is 2.34. The number of nitrogens with zero attached hydrogens (tertiary/aromatic N) is 3. The molecule has 0 amide bonds. The zero-order valence-corrected chi connectivity index (χ0v) is 13.9. The van der Waals surface area contributed by atoms with E-state index < -0.39 is 18.3 Å². The maximum atomic E-state index is 12.8. The molecule has 1 aromatic heterocycles. The van der Waals surface area contributed by atoms with E-state index in [-0.39, 0.29) is 23.8 Å². The Bertz CT molecular complexity index is 603. The molecule has 9 heteroatoms. The van der Waals surface area contributed by atoms with Crippen LogP contribution in [0.25, 0.3) is 5.57 Å². The van der Waals surface area contributed by atoms with E-state index in [0.717, 1.165) is 13.3 Å². The Morgan fingerprint density at radius 2 is 1.75 bits per heavy atom. The van der Waals surface area contributed by atoms with Gasteiger partial charge in [-0.2, -0.15) is 28.1 Å². The first-order valence-electron chi connectivity index (χ1n) is 7.90. The number of aliphatic hydroxyl groups excluding tert-OH is 1. The zero-order valence-electron chi connectivity index (χ0n) is 13.9. The van der Waals surface area contributed by atoms with Gasteiger partial charge in [0.2, 0.25) is 11.9 Å². The van der Waals surface area contributed by atoms with Crippen molar-refractivity contribution in [2.75, 3.05) is 10.6 Å². The minimum Gasteiger partial charge on any atom is -0.389 e. The fourth-order valence-corrected chi connectivity index (χ4v) is 2.27. The van der Waals surface area contributed by atoms with Gasteiger partial charge in [-0.05, 0) is 51.7 Å². The van der Waals surface area contributed by atoms with Gasteiger partial charge in [-0.25, -0.2) is 0 Å². The molecule has 2 atom stereocenters. The van der Waals surface area contributed by atoms with Gasteiger partial charge in [0.15, 0.2) is 5.82 Å². The van der Waals surface area contributed by atoms with Gasteiger partial charge in [0, 0.05) is 6.04 Å². The van der Waals surface area contributed by atoms with Gasteiger partial charge >= 0.3 is 6.18 Å². The minimum absolute atomic E-state index is 0.0130. The number of halogens is 3. The number of hydrogen-bond donors (Lipinski definition) is 3. The van der Waals surface area contributed by atoms with Crippen molar-refractivity contribution in [2.45, 2.75) is 64.4 Å². The van der Waals surface area contributed by atoms with Gasteiger partial charge in [-0.1, -0.05) is 0 Å². The highest BCUT2D eigenvalue weighted by molar-refractivity contribution is 5.63. The number of allylic oxidation sites excluding steroid dienone is 1. The SMILES string of the molecule is CC(C)Nc1nc(NC(C)C(F)(F)F)nc(C2=C[C@@H](O)CCC2)n1. The largest absolute Gasteiger partial charge is 0.408 e. The van der Waals surface area contributed by atoms with Crippen molar-refractivity contribution in [1.29, 1.82) is 0 Å². The van der Waals surface area contributed by atoms with Crippen LogP contribution in [-0.2, 0) is 0 Å². The van der Waals surface area contributed by atoms with E-state index in [4.69, 9.17) is 0 Å². The molecule has 6 nitrogen and oxygen atoms in total. The van der Waals surface area contributed by atoms with Crippen molar-refractivity contribution < 1.29 is 18.3 Å². The van der Waals surface area contributed by atoms with Gasteiger partial charge < -0.3 is 15.7 Å². The summed E-state index contributed by atoms with van der Waals surface area (Å²) in [5.74, 6) is 0.338. The molecule has 0 bridgehead atoms. The summed E-state index contributed by atoms with van der Waals surface area (Å²) in [5.41, 5.74) is 0.714. The molecule has 2 rings (SSSR count). The first-order chi connectivity index (χ1) is 11.1.